The van der Waals surface area contributed by atoms with Gasteiger partial charge in [-0.2, -0.15) is 0 Å². The van der Waals surface area contributed by atoms with Crippen LogP contribution in [-0.4, -0.2) is 27.6 Å². The molecular weight excluding hydrogens is 262 g/mol. The molecule has 2 heterocycles. The number of aromatic carboxylic acids is 1. The van der Waals surface area contributed by atoms with Crippen molar-refractivity contribution in [3.63, 3.8) is 0 Å². The van der Waals surface area contributed by atoms with Crippen molar-refractivity contribution in [2.24, 2.45) is 5.92 Å². The topological polar surface area (TPSA) is 75.1 Å². The molecule has 1 saturated carbocycles. The molecule has 1 aliphatic rings. The lowest BCUT2D eigenvalue weighted by molar-refractivity contribution is 0.0701. The molecule has 1 aliphatic carbocycles. The molecule has 0 atom stereocenters. The van der Waals surface area contributed by atoms with Crippen molar-refractivity contribution < 1.29 is 9.90 Å². The Hall–Kier alpha value is -1.69. The molecule has 0 aliphatic heterocycles. The second-order valence-corrected chi connectivity index (χ2v) is 5.94. The molecule has 0 saturated heterocycles. The van der Waals surface area contributed by atoms with Crippen molar-refractivity contribution in [1.29, 1.82) is 0 Å². The van der Waals surface area contributed by atoms with Gasteiger partial charge in [-0.15, -0.1) is 11.3 Å². The van der Waals surface area contributed by atoms with Crippen LogP contribution in [0.25, 0.3) is 10.2 Å². The highest BCUT2D eigenvalue weighted by Gasteiger charge is 2.20. The third-order valence-corrected chi connectivity index (χ3v) is 4.89. The number of fused-ring (bicyclic) bond motifs is 1. The van der Waals surface area contributed by atoms with Gasteiger partial charge in [0.15, 0.2) is 0 Å². The molecule has 100 valence electrons. The van der Waals surface area contributed by atoms with Crippen LogP contribution in [0.2, 0.25) is 0 Å². The molecule has 6 heteroatoms. The molecule has 3 rings (SSSR count). The van der Waals surface area contributed by atoms with E-state index in [-0.39, 0.29) is 0 Å². The summed E-state index contributed by atoms with van der Waals surface area (Å²) in [5.41, 5.74) is 0.754. The Morgan fingerprint density at radius 3 is 2.95 bits per heavy atom. The van der Waals surface area contributed by atoms with Crippen LogP contribution in [0.5, 0.6) is 0 Å². The summed E-state index contributed by atoms with van der Waals surface area (Å²) in [5.74, 6) is 0.589. The van der Waals surface area contributed by atoms with Crippen molar-refractivity contribution in [3.05, 3.63) is 16.8 Å². The Kier molecular flexibility index (Phi) is 3.10. The number of nitrogens with one attached hydrogen (secondary N) is 1. The molecule has 0 bridgehead atoms. The first-order chi connectivity index (χ1) is 9.16. The third kappa shape index (κ3) is 2.16. The fourth-order valence-corrected chi connectivity index (χ4v) is 3.34. The van der Waals surface area contributed by atoms with Crippen LogP contribution in [-0.2, 0) is 0 Å². The molecule has 0 spiro atoms. The molecule has 0 radical (unpaired) electrons. The Morgan fingerprint density at radius 2 is 2.32 bits per heavy atom. The zero-order valence-electron chi connectivity index (χ0n) is 10.6. The van der Waals surface area contributed by atoms with Crippen LogP contribution in [0.15, 0.2) is 6.33 Å². The fraction of sp³-hybridized carbons (Fsp3) is 0.462. The molecule has 2 N–H and O–H groups in total. The number of carbonyl (C=O) groups is 1. The second-order valence-electron chi connectivity index (χ2n) is 4.94. The van der Waals surface area contributed by atoms with Crippen molar-refractivity contribution in [1.82, 2.24) is 9.97 Å². The molecule has 0 unspecified atom stereocenters. The number of aromatic nitrogens is 2. The molecule has 0 aromatic carbocycles. The lowest BCUT2D eigenvalue weighted by Crippen LogP contribution is -2.21. The average molecular weight is 277 g/mol. The van der Waals surface area contributed by atoms with Crippen LogP contribution in [0, 0.1) is 12.8 Å². The summed E-state index contributed by atoms with van der Waals surface area (Å²) in [6.07, 6.45) is 5.34. The molecule has 2 aromatic heterocycles. The third-order valence-electron chi connectivity index (χ3n) is 3.70. The van der Waals surface area contributed by atoms with Gasteiger partial charge in [-0.3, -0.25) is 0 Å². The minimum absolute atomic E-state index is 0.349. The van der Waals surface area contributed by atoms with Gasteiger partial charge in [-0.25, -0.2) is 14.8 Å². The maximum atomic E-state index is 11.2. The number of nitrogens with zero attached hydrogens (tertiary/aromatic N) is 2. The van der Waals surface area contributed by atoms with Gasteiger partial charge in [0.05, 0.1) is 5.39 Å². The Morgan fingerprint density at radius 1 is 1.53 bits per heavy atom. The minimum Gasteiger partial charge on any atom is -0.477 e. The van der Waals surface area contributed by atoms with Crippen LogP contribution >= 0.6 is 11.3 Å². The van der Waals surface area contributed by atoms with Gasteiger partial charge in [0.1, 0.15) is 21.9 Å². The Labute approximate surface area is 114 Å². The van der Waals surface area contributed by atoms with Gasteiger partial charge >= 0.3 is 5.97 Å². The number of aryl methyl sites for hydroxylation is 1. The molecular formula is C13H15N3O2S. The number of hydrogen-bond acceptors (Lipinski definition) is 5. The molecule has 19 heavy (non-hydrogen) atoms. The molecule has 1 fully saturated rings. The first-order valence-electron chi connectivity index (χ1n) is 6.38. The van der Waals surface area contributed by atoms with Crippen molar-refractivity contribution in [2.45, 2.75) is 26.2 Å². The highest BCUT2D eigenvalue weighted by atomic mass is 32.1. The van der Waals surface area contributed by atoms with Crippen LogP contribution < -0.4 is 5.32 Å². The van der Waals surface area contributed by atoms with E-state index in [0.29, 0.717) is 4.88 Å². The number of carboxylic acids is 1. The van der Waals surface area contributed by atoms with Crippen molar-refractivity contribution in [2.75, 3.05) is 11.9 Å². The van der Waals surface area contributed by atoms with E-state index in [1.54, 1.807) is 0 Å². The number of anilines is 1. The summed E-state index contributed by atoms with van der Waals surface area (Å²) in [6.45, 7) is 2.73. The van der Waals surface area contributed by atoms with Crippen molar-refractivity contribution >= 4 is 33.3 Å². The van der Waals surface area contributed by atoms with Crippen LogP contribution in [0.4, 0.5) is 5.82 Å². The number of rotatable bonds is 4. The highest BCUT2D eigenvalue weighted by Crippen LogP contribution is 2.34. The summed E-state index contributed by atoms with van der Waals surface area (Å²) < 4.78 is 0. The summed E-state index contributed by atoms with van der Waals surface area (Å²) in [6, 6.07) is 0. The lowest BCUT2D eigenvalue weighted by atomic mass is 9.85. The molecule has 2 aromatic rings. The second kappa shape index (κ2) is 4.77. The number of hydrogen-bond donors (Lipinski definition) is 2. The zero-order valence-corrected chi connectivity index (χ0v) is 11.5. The van der Waals surface area contributed by atoms with Gasteiger partial charge in [-0.1, -0.05) is 6.42 Å². The van der Waals surface area contributed by atoms with Crippen LogP contribution in [0.1, 0.15) is 34.5 Å². The van der Waals surface area contributed by atoms with Gasteiger partial charge < -0.3 is 10.4 Å². The maximum Gasteiger partial charge on any atom is 0.346 e. The summed E-state index contributed by atoms with van der Waals surface area (Å²) >= 11 is 1.21. The van der Waals surface area contributed by atoms with E-state index in [1.165, 1.54) is 36.9 Å². The predicted octanol–water partition coefficient (Wildman–Crippen LogP) is 2.91. The quantitative estimate of drug-likeness (QED) is 0.898. The van der Waals surface area contributed by atoms with Gasteiger partial charge in [0.25, 0.3) is 0 Å². The highest BCUT2D eigenvalue weighted by molar-refractivity contribution is 7.20. The summed E-state index contributed by atoms with van der Waals surface area (Å²) in [5, 5.41) is 13.4. The molecule has 0 amide bonds. The predicted molar refractivity (Wildman–Crippen MR) is 74.9 cm³/mol. The minimum atomic E-state index is -0.898. The largest absolute Gasteiger partial charge is 0.477 e. The average Bonchev–Trinajstić information content (AvgIpc) is 2.66. The van der Waals surface area contributed by atoms with Gasteiger partial charge in [-0.05, 0) is 31.2 Å². The number of thiophene rings is 1. The monoisotopic (exact) mass is 277 g/mol. The zero-order chi connectivity index (χ0) is 13.4. The van der Waals surface area contributed by atoms with E-state index in [0.717, 1.165) is 34.1 Å². The smallest absolute Gasteiger partial charge is 0.346 e. The fourth-order valence-electron chi connectivity index (χ4n) is 2.35. The van der Waals surface area contributed by atoms with E-state index in [9.17, 15) is 4.79 Å². The van der Waals surface area contributed by atoms with E-state index in [4.69, 9.17) is 5.11 Å². The number of carboxylic acid groups (broad SMARTS) is 1. The first kappa shape index (κ1) is 12.3. The maximum absolute atomic E-state index is 11.2. The van der Waals surface area contributed by atoms with Crippen molar-refractivity contribution in [3.8, 4) is 0 Å². The van der Waals surface area contributed by atoms with E-state index in [1.807, 2.05) is 6.92 Å². The van der Waals surface area contributed by atoms with E-state index >= 15 is 0 Å². The lowest BCUT2D eigenvalue weighted by Gasteiger charge is -2.25. The van der Waals surface area contributed by atoms with Gasteiger partial charge in [0, 0.05) is 6.54 Å². The Bertz CT molecular complexity index is 634. The summed E-state index contributed by atoms with van der Waals surface area (Å²) in [4.78, 5) is 20.7. The SMILES string of the molecule is Cc1c(C(=O)O)sc2ncnc(NCC3CCC3)c12. The van der Waals surface area contributed by atoms with Crippen LogP contribution in [0.3, 0.4) is 0 Å². The van der Waals surface area contributed by atoms with E-state index in [2.05, 4.69) is 15.3 Å². The standard InChI is InChI=1S/C13H15N3O2S/c1-7-9-11(14-5-8-3-2-4-8)15-6-16-12(9)19-10(7)13(17)18/h6,8H,2-5H2,1H3,(H,17,18)(H,14,15,16). The molecule has 5 nitrogen and oxygen atoms in total. The Balaban J connectivity index is 1.96. The first-order valence-corrected chi connectivity index (χ1v) is 7.19. The van der Waals surface area contributed by atoms with E-state index < -0.39 is 5.97 Å². The summed E-state index contributed by atoms with van der Waals surface area (Å²) in [7, 11) is 0. The van der Waals surface area contributed by atoms with Gasteiger partial charge in [0.2, 0.25) is 0 Å². The normalized spacial score (nSPS) is 15.4.